The molecular weight excluding hydrogens is 338 g/mol. The molecule has 0 fully saturated rings. The van der Waals surface area contributed by atoms with Crippen LogP contribution in [0.1, 0.15) is 0 Å². The number of hydrogen-bond donors (Lipinski definition) is 2. The van der Waals surface area contributed by atoms with Crippen LogP contribution in [0, 0.1) is 10.1 Å². The molecule has 21 heavy (non-hydrogen) atoms. The highest BCUT2D eigenvalue weighted by atomic mass is 79.9. The van der Waals surface area contributed by atoms with Gasteiger partial charge in [-0.25, -0.2) is 0 Å². The molecule has 2 aromatic rings. The SMILES string of the molecule is O=C(CNc1ccccc1)Nc1ccc([N+](=O)[O-])cc1Br. The van der Waals surface area contributed by atoms with Crippen LogP contribution in [0.2, 0.25) is 0 Å². The number of non-ortho nitro benzene ring substituents is 1. The standard InChI is InChI=1S/C14H12BrN3O3/c15-12-8-11(18(20)21)6-7-13(12)17-14(19)9-16-10-4-2-1-3-5-10/h1-8,16H,9H2,(H,17,19). The van der Waals surface area contributed by atoms with Crippen LogP contribution in [0.25, 0.3) is 0 Å². The lowest BCUT2D eigenvalue weighted by atomic mass is 10.3. The van der Waals surface area contributed by atoms with Crippen LogP contribution in [0.5, 0.6) is 0 Å². The third kappa shape index (κ3) is 4.28. The van der Waals surface area contributed by atoms with Gasteiger partial charge in [-0.3, -0.25) is 14.9 Å². The van der Waals surface area contributed by atoms with E-state index in [4.69, 9.17) is 0 Å². The lowest BCUT2D eigenvalue weighted by Crippen LogP contribution is -2.21. The summed E-state index contributed by atoms with van der Waals surface area (Å²) in [7, 11) is 0. The van der Waals surface area contributed by atoms with Crippen LogP contribution in [0.3, 0.4) is 0 Å². The first-order chi connectivity index (χ1) is 10.1. The van der Waals surface area contributed by atoms with Crippen LogP contribution >= 0.6 is 15.9 Å². The number of nitro groups is 1. The van der Waals surface area contributed by atoms with Crippen LogP contribution in [-0.4, -0.2) is 17.4 Å². The van der Waals surface area contributed by atoms with Gasteiger partial charge in [-0.2, -0.15) is 0 Å². The minimum absolute atomic E-state index is 0.0396. The van der Waals surface area contributed by atoms with E-state index < -0.39 is 4.92 Å². The Balaban J connectivity index is 1.95. The van der Waals surface area contributed by atoms with Crippen molar-refractivity contribution < 1.29 is 9.72 Å². The lowest BCUT2D eigenvalue weighted by Gasteiger charge is -2.09. The zero-order valence-corrected chi connectivity index (χ0v) is 12.5. The van der Waals surface area contributed by atoms with E-state index in [-0.39, 0.29) is 18.1 Å². The van der Waals surface area contributed by atoms with Gasteiger partial charge < -0.3 is 10.6 Å². The maximum atomic E-state index is 11.8. The minimum Gasteiger partial charge on any atom is -0.376 e. The van der Waals surface area contributed by atoms with Gasteiger partial charge in [0.15, 0.2) is 0 Å². The van der Waals surface area contributed by atoms with Crippen molar-refractivity contribution in [1.29, 1.82) is 0 Å². The first kappa shape index (κ1) is 15.0. The Bertz CT molecular complexity index is 662. The van der Waals surface area contributed by atoms with Gasteiger partial charge >= 0.3 is 0 Å². The predicted molar refractivity (Wildman–Crippen MR) is 84.4 cm³/mol. The summed E-state index contributed by atoms with van der Waals surface area (Å²) in [6.45, 7) is 0.105. The van der Waals surface area contributed by atoms with Gasteiger partial charge in [-0.05, 0) is 34.1 Å². The average Bonchev–Trinajstić information content (AvgIpc) is 2.48. The Hall–Kier alpha value is -2.41. The quantitative estimate of drug-likeness (QED) is 0.639. The van der Waals surface area contributed by atoms with Crippen molar-refractivity contribution in [3.8, 4) is 0 Å². The summed E-state index contributed by atoms with van der Waals surface area (Å²) in [5.74, 6) is -0.242. The Kier molecular flexibility index (Phi) is 4.89. The fourth-order valence-corrected chi connectivity index (χ4v) is 2.12. The maximum absolute atomic E-state index is 11.8. The Morgan fingerprint density at radius 1 is 1.19 bits per heavy atom. The number of carbonyl (C=O) groups is 1. The number of hydrogen-bond acceptors (Lipinski definition) is 4. The van der Waals surface area contributed by atoms with E-state index in [1.54, 1.807) is 0 Å². The summed E-state index contributed by atoms with van der Waals surface area (Å²) in [5.41, 5.74) is 1.29. The number of benzene rings is 2. The highest BCUT2D eigenvalue weighted by Gasteiger charge is 2.11. The molecule has 0 aliphatic rings. The molecule has 2 rings (SSSR count). The average molecular weight is 350 g/mol. The van der Waals surface area contributed by atoms with Crippen molar-refractivity contribution in [3.63, 3.8) is 0 Å². The normalized spacial score (nSPS) is 9.95. The molecule has 0 saturated heterocycles. The summed E-state index contributed by atoms with van der Waals surface area (Å²) in [6, 6.07) is 13.5. The Labute approximate surface area is 129 Å². The van der Waals surface area contributed by atoms with Gasteiger partial charge in [0.25, 0.3) is 5.69 Å². The molecule has 0 aromatic heterocycles. The second kappa shape index (κ2) is 6.85. The molecule has 0 radical (unpaired) electrons. The molecule has 0 spiro atoms. The van der Waals surface area contributed by atoms with Crippen molar-refractivity contribution >= 4 is 38.9 Å². The Morgan fingerprint density at radius 3 is 2.52 bits per heavy atom. The van der Waals surface area contributed by atoms with E-state index in [0.717, 1.165) is 5.69 Å². The first-order valence-electron chi connectivity index (χ1n) is 6.09. The molecule has 0 unspecified atom stereocenters. The van der Waals surface area contributed by atoms with E-state index in [1.807, 2.05) is 30.3 Å². The van der Waals surface area contributed by atoms with E-state index in [9.17, 15) is 14.9 Å². The topological polar surface area (TPSA) is 84.3 Å². The summed E-state index contributed by atoms with van der Waals surface area (Å²) >= 11 is 3.20. The van der Waals surface area contributed by atoms with Crippen molar-refractivity contribution in [1.82, 2.24) is 0 Å². The molecule has 0 heterocycles. The maximum Gasteiger partial charge on any atom is 0.270 e. The highest BCUT2D eigenvalue weighted by Crippen LogP contribution is 2.26. The number of nitro benzene ring substituents is 1. The highest BCUT2D eigenvalue weighted by molar-refractivity contribution is 9.10. The monoisotopic (exact) mass is 349 g/mol. The molecule has 7 heteroatoms. The third-order valence-corrected chi connectivity index (χ3v) is 3.32. The molecule has 0 saturated carbocycles. The smallest absolute Gasteiger partial charge is 0.270 e. The fraction of sp³-hybridized carbons (Fsp3) is 0.0714. The zero-order chi connectivity index (χ0) is 15.2. The number of nitrogens with one attached hydrogen (secondary N) is 2. The molecule has 2 aromatic carbocycles. The molecule has 6 nitrogen and oxygen atoms in total. The third-order valence-electron chi connectivity index (χ3n) is 2.66. The summed E-state index contributed by atoms with van der Waals surface area (Å²) < 4.78 is 0.463. The zero-order valence-electron chi connectivity index (χ0n) is 10.9. The minimum atomic E-state index is -0.493. The molecule has 0 bridgehead atoms. The molecule has 2 N–H and O–H groups in total. The van der Waals surface area contributed by atoms with Crippen LogP contribution in [0.4, 0.5) is 17.1 Å². The van der Waals surface area contributed by atoms with Crippen LogP contribution in [-0.2, 0) is 4.79 Å². The number of halogens is 1. The second-order valence-corrected chi connectivity index (χ2v) is 5.04. The van der Waals surface area contributed by atoms with Gasteiger partial charge in [0, 0.05) is 22.3 Å². The molecule has 0 atom stereocenters. The summed E-state index contributed by atoms with van der Waals surface area (Å²) in [4.78, 5) is 22.0. The molecule has 1 amide bonds. The van der Waals surface area contributed by atoms with E-state index in [2.05, 4.69) is 26.6 Å². The van der Waals surface area contributed by atoms with E-state index in [0.29, 0.717) is 10.2 Å². The van der Waals surface area contributed by atoms with E-state index in [1.165, 1.54) is 18.2 Å². The molecular formula is C14H12BrN3O3. The Morgan fingerprint density at radius 2 is 1.90 bits per heavy atom. The predicted octanol–water partition coefficient (Wildman–Crippen LogP) is 3.41. The van der Waals surface area contributed by atoms with Crippen molar-refractivity contribution in [2.24, 2.45) is 0 Å². The number of rotatable bonds is 5. The summed E-state index contributed by atoms with van der Waals surface area (Å²) in [5, 5.41) is 16.3. The van der Waals surface area contributed by atoms with Gasteiger partial charge in [-0.1, -0.05) is 18.2 Å². The first-order valence-corrected chi connectivity index (χ1v) is 6.88. The van der Waals surface area contributed by atoms with Crippen LogP contribution < -0.4 is 10.6 Å². The van der Waals surface area contributed by atoms with Gasteiger partial charge in [-0.15, -0.1) is 0 Å². The molecule has 0 aliphatic carbocycles. The van der Waals surface area contributed by atoms with Crippen molar-refractivity contribution in [3.05, 3.63) is 63.1 Å². The number of nitrogens with zero attached hydrogens (tertiary/aromatic N) is 1. The van der Waals surface area contributed by atoms with E-state index >= 15 is 0 Å². The number of amides is 1. The fourth-order valence-electron chi connectivity index (χ4n) is 1.65. The second-order valence-electron chi connectivity index (χ2n) is 4.19. The van der Waals surface area contributed by atoms with Crippen molar-refractivity contribution in [2.45, 2.75) is 0 Å². The van der Waals surface area contributed by atoms with Crippen molar-refractivity contribution in [2.75, 3.05) is 17.2 Å². The van der Waals surface area contributed by atoms with Crippen LogP contribution in [0.15, 0.2) is 53.0 Å². The summed E-state index contributed by atoms with van der Waals surface area (Å²) in [6.07, 6.45) is 0. The number of anilines is 2. The lowest BCUT2D eigenvalue weighted by molar-refractivity contribution is -0.384. The molecule has 108 valence electrons. The number of para-hydroxylation sites is 1. The largest absolute Gasteiger partial charge is 0.376 e. The van der Waals surface area contributed by atoms with Gasteiger partial charge in [0.1, 0.15) is 0 Å². The molecule has 0 aliphatic heterocycles. The van der Waals surface area contributed by atoms with Gasteiger partial charge in [0.05, 0.1) is 17.2 Å². The van der Waals surface area contributed by atoms with Gasteiger partial charge in [0.2, 0.25) is 5.91 Å². The number of carbonyl (C=O) groups excluding carboxylic acids is 1.